The molecule has 0 aromatic heterocycles. The molecule has 0 aromatic carbocycles. The van der Waals surface area contributed by atoms with Crippen molar-refractivity contribution < 1.29 is 9.53 Å². The number of carbonyl (C=O) groups excluding carboxylic acids is 1. The third-order valence-electron chi connectivity index (χ3n) is 2.17. The van der Waals surface area contributed by atoms with Crippen molar-refractivity contribution in [1.82, 2.24) is 5.32 Å². The lowest BCUT2D eigenvalue weighted by Crippen LogP contribution is -2.25. The molecule has 0 bridgehead atoms. The first-order valence-corrected chi connectivity index (χ1v) is 4.88. The number of hydrogen-bond acceptors (Lipinski definition) is 2. The number of alkyl carbamates (subject to hydrolysis) is 1. The summed E-state index contributed by atoms with van der Waals surface area (Å²) < 4.78 is 5.14. The quantitative estimate of drug-likeness (QED) is 0.633. The van der Waals surface area contributed by atoms with Crippen molar-refractivity contribution in [2.24, 2.45) is 0 Å². The average Bonchev–Trinajstić information content (AvgIpc) is 2.09. The Kier molecular flexibility index (Phi) is 4.36. The summed E-state index contributed by atoms with van der Waals surface area (Å²) in [7, 11) is 1.58. The molecule has 13 heavy (non-hydrogen) atoms. The zero-order valence-corrected chi connectivity index (χ0v) is 8.08. The number of hydrogen-bond donors (Lipinski definition) is 1. The lowest BCUT2D eigenvalue weighted by atomic mass is 10.0. The molecule has 0 aliphatic heterocycles. The molecule has 1 N–H and O–H groups in total. The van der Waals surface area contributed by atoms with Gasteiger partial charge >= 0.3 is 6.09 Å². The molecule has 1 unspecified atom stereocenters. The fourth-order valence-electron chi connectivity index (χ4n) is 1.42. The van der Waals surface area contributed by atoms with Gasteiger partial charge in [0.25, 0.3) is 0 Å². The SMILES string of the molecule is CNC(=O)OC1C=CCCCCC1. The Balaban J connectivity index is 2.37. The highest BCUT2D eigenvalue weighted by atomic mass is 16.6. The number of rotatable bonds is 1. The summed E-state index contributed by atoms with van der Waals surface area (Å²) in [5.74, 6) is 0. The van der Waals surface area contributed by atoms with E-state index in [0.717, 1.165) is 19.3 Å². The molecule has 0 spiro atoms. The van der Waals surface area contributed by atoms with Gasteiger partial charge in [-0.2, -0.15) is 0 Å². The number of carbonyl (C=O) groups is 1. The Morgan fingerprint density at radius 3 is 3.08 bits per heavy atom. The minimum atomic E-state index is -0.338. The van der Waals surface area contributed by atoms with Crippen LogP contribution < -0.4 is 5.32 Å². The highest BCUT2D eigenvalue weighted by Crippen LogP contribution is 2.13. The van der Waals surface area contributed by atoms with Gasteiger partial charge in [0.15, 0.2) is 0 Å². The zero-order chi connectivity index (χ0) is 9.52. The summed E-state index contributed by atoms with van der Waals surface area (Å²) in [5, 5.41) is 2.45. The molecule has 1 atom stereocenters. The van der Waals surface area contributed by atoms with E-state index in [0.29, 0.717) is 0 Å². The monoisotopic (exact) mass is 183 g/mol. The Bertz CT molecular complexity index is 189. The smallest absolute Gasteiger partial charge is 0.407 e. The van der Waals surface area contributed by atoms with E-state index in [1.165, 1.54) is 12.8 Å². The summed E-state index contributed by atoms with van der Waals surface area (Å²) in [5.41, 5.74) is 0. The van der Waals surface area contributed by atoms with E-state index in [4.69, 9.17) is 4.74 Å². The third kappa shape index (κ3) is 3.97. The Morgan fingerprint density at radius 1 is 1.46 bits per heavy atom. The summed E-state index contributed by atoms with van der Waals surface area (Å²) in [4.78, 5) is 10.9. The second-order valence-electron chi connectivity index (χ2n) is 3.26. The minimum absolute atomic E-state index is 0.0275. The molecule has 0 saturated carbocycles. The minimum Gasteiger partial charge on any atom is -0.442 e. The highest BCUT2D eigenvalue weighted by Gasteiger charge is 2.10. The third-order valence-corrected chi connectivity index (χ3v) is 2.17. The van der Waals surface area contributed by atoms with Gasteiger partial charge in [-0.1, -0.05) is 12.5 Å². The molecule has 1 aliphatic carbocycles. The highest BCUT2D eigenvalue weighted by molar-refractivity contribution is 5.67. The maximum absolute atomic E-state index is 10.9. The molecule has 0 radical (unpaired) electrons. The fraction of sp³-hybridized carbons (Fsp3) is 0.700. The maximum Gasteiger partial charge on any atom is 0.407 e. The number of nitrogens with one attached hydrogen (secondary N) is 1. The summed E-state index contributed by atoms with van der Waals surface area (Å²) in [6, 6.07) is 0. The number of allylic oxidation sites excluding steroid dienone is 1. The van der Waals surface area contributed by atoms with Gasteiger partial charge in [0, 0.05) is 7.05 Å². The molecular weight excluding hydrogens is 166 g/mol. The van der Waals surface area contributed by atoms with Crippen molar-refractivity contribution in [1.29, 1.82) is 0 Å². The standard InChI is InChI=1S/C10H17NO2/c1-11-10(12)13-9-7-5-3-2-4-6-8-9/h5,7,9H,2-4,6,8H2,1H3,(H,11,12). The van der Waals surface area contributed by atoms with Gasteiger partial charge in [0.1, 0.15) is 6.10 Å². The first kappa shape index (κ1) is 10.1. The van der Waals surface area contributed by atoms with Crippen molar-refractivity contribution in [3.05, 3.63) is 12.2 Å². The second kappa shape index (κ2) is 5.62. The molecule has 1 rings (SSSR count). The van der Waals surface area contributed by atoms with Crippen LogP contribution in [0.2, 0.25) is 0 Å². The van der Waals surface area contributed by atoms with Gasteiger partial charge in [0.05, 0.1) is 0 Å². The van der Waals surface area contributed by atoms with Crippen LogP contribution in [-0.2, 0) is 4.74 Å². The number of ether oxygens (including phenoxy) is 1. The maximum atomic E-state index is 10.9. The molecule has 0 saturated heterocycles. The Labute approximate surface area is 79.2 Å². The van der Waals surface area contributed by atoms with E-state index in [1.54, 1.807) is 7.05 Å². The van der Waals surface area contributed by atoms with E-state index < -0.39 is 0 Å². The lowest BCUT2D eigenvalue weighted by Gasteiger charge is -2.15. The molecule has 1 aliphatic rings. The van der Waals surface area contributed by atoms with E-state index in [2.05, 4.69) is 11.4 Å². The molecule has 0 heterocycles. The average molecular weight is 183 g/mol. The largest absolute Gasteiger partial charge is 0.442 e. The van der Waals surface area contributed by atoms with Crippen LogP contribution in [0.5, 0.6) is 0 Å². The first-order valence-electron chi connectivity index (χ1n) is 4.88. The van der Waals surface area contributed by atoms with E-state index in [-0.39, 0.29) is 12.2 Å². The van der Waals surface area contributed by atoms with E-state index in [9.17, 15) is 4.79 Å². The number of amides is 1. The molecule has 0 fully saturated rings. The van der Waals surface area contributed by atoms with Crippen molar-refractivity contribution in [2.45, 2.75) is 38.2 Å². The predicted octanol–water partition coefficient (Wildman–Crippen LogP) is 2.23. The second-order valence-corrected chi connectivity index (χ2v) is 3.26. The van der Waals surface area contributed by atoms with Gasteiger partial charge < -0.3 is 10.1 Å². The normalized spacial score (nSPS) is 23.0. The van der Waals surface area contributed by atoms with Gasteiger partial charge in [-0.15, -0.1) is 0 Å². The zero-order valence-electron chi connectivity index (χ0n) is 8.08. The first-order chi connectivity index (χ1) is 6.33. The molecule has 74 valence electrons. The van der Waals surface area contributed by atoms with Crippen LogP contribution in [0.1, 0.15) is 32.1 Å². The van der Waals surface area contributed by atoms with Crippen LogP contribution in [0.15, 0.2) is 12.2 Å². The van der Waals surface area contributed by atoms with Crippen LogP contribution in [-0.4, -0.2) is 19.2 Å². The Hall–Kier alpha value is -0.990. The van der Waals surface area contributed by atoms with Gasteiger partial charge in [0.2, 0.25) is 0 Å². The van der Waals surface area contributed by atoms with Crippen molar-refractivity contribution in [2.75, 3.05) is 7.05 Å². The predicted molar refractivity (Wildman–Crippen MR) is 51.6 cm³/mol. The molecule has 3 heteroatoms. The fourth-order valence-corrected chi connectivity index (χ4v) is 1.42. The topological polar surface area (TPSA) is 38.3 Å². The molecule has 1 amide bonds. The van der Waals surface area contributed by atoms with E-state index in [1.807, 2.05) is 6.08 Å². The summed E-state index contributed by atoms with van der Waals surface area (Å²) in [6.45, 7) is 0. The molecule has 3 nitrogen and oxygen atoms in total. The summed E-state index contributed by atoms with van der Waals surface area (Å²) >= 11 is 0. The van der Waals surface area contributed by atoms with Gasteiger partial charge in [-0.3, -0.25) is 0 Å². The van der Waals surface area contributed by atoms with Crippen LogP contribution in [0, 0.1) is 0 Å². The van der Waals surface area contributed by atoms with Crippen LogP contribution in [0.4, 0.5) is 4.79 Å². The summed E-state index contributed by atoms with van der Waals surface area (Å²) in [6.07, 6.45) is 9.42. The van der Waals surface area contributed by atoms with Crippen LogP contribution in [0.3, 0.4) is 0 Å². The van der Waals surface area contributed by atoms with Gasteiger partial charge in [-0.05, 0) is 31.8 Å². The van der Waals surface area contributed by atoms with Crippen molar-refractivity contribution >= 4 is 6.09 Å². The van der Waals surface area contributed by atoms with Crippen molar-refractivity contribution in [3.63, 3.8) is 0 Å². The molecular formula is C10H17NO2. The van der Waals surface area contributed by atoms with E-state index >= 15 is 0 Å². The van der Waals surface area contributed by atoms with Gasteiger partial charge in [-0.25, -0.2) is 4.79 Å². The lowest BCUT2D eigenvalue weighted by molar-refractivity contribution is 0.115. The Morgan fingerprint density at radius 2 is 2.31 bits per heavy atom. The van der Waals surface area contributed by atoms with Crippen LogP contribution in [0.25, 0.3) is 0 Å². The molecule has 0 aromatic rings. The van der Waals surface area contributed by atoms with Crippen LogP contribution >= 0.6 is 0 Å². The van der Waals surface area contributed by atoms with Crippen molar-refractivity contribution in [3.8, 4) is 0 Å².